The number of benzene rings is 2. The van der Waals surface area contributed by atoms with Crippen molar-refractivity contribution in [1.29, 1.82) is 5.26 Å². The molecular weight excluding hydrogens is 419 g/mol. The third-order valence-corrected chi connectivity index (χ3v) is 7.41. The predicted molar refractivity (Wildman–Crippen MR) is 125 cm³/mol. The number of amides is 1. The molecule has 2 aromatic rings. The Bertz CT molecular complexity index is 1140. The molecule has 1 amide bonds. The van der Waals surface area contributed by atoms with Gasteiger partial charge in [-0.05, 0) is 56.5 Å². The quantitative estimate of drug-likeness (QED) is 0.650. The summed E-state index contributed by atoms with van der Waals surface area (Å²) in [6.45, 7) is 7.38. The fraction of sp³-hybridized carbons (Fsp3) is 0.462. The smallest absolute Gasteiger partial charge is 0.252 e. The van der Waals surface area contributed by atoms with E-state index in [9.17, 15) is 14.4 Å². The van der Waals surface area contributed by atoms with Crippen LogP contribution in [-0.2, 0) is 4.79 Å². The van der Waals surface area contributed by atoms with E-state index in [0.717, 1.165) is 38.2 Å². The first kappa shape index (κ1) is 21.7. The molecule has 0 unspecified atom stereocenters. The molecule has 2 aromatic carbocycles. The standard InChI is InChI=1S/C26H29FN4O2/c1-26(2)25(32)29(3)22-7-4-6-19-20-16-30(12-10-21(20)31(26)24(19)22)11-5-13-33-23-9-8-18(27)14-17(23)15-28/h4,6-9,14,20-21H,5,10-13,16H2,1-3H3/t20-,21-/m0/s1. The highest BCUT2D eigenvalue weighted by molar-refractivity contribution is 6.09. The summed E-state index contributed by atoms with van der Waals surface area (Å²) in [5.74, 6) is 0.510. The van der Waals surface area contributed by atoms with Crippen LogP contribution in [0.5, 0.6) is 5.75 Å². The van der Waals surface area contributed by atoms with Crippen LogP contribution in [0.4, 0.5) is 15.8 Å². The molecule has 33 heavy (non-hydrogen) atoms. The van der Waals surface area contributed by atoms with E-state index in [1.165, 1.54) is 29.4 Å². The number of fused-ring (bicyclic) bond motifs is 3. The summed E-state index contributed by atoms with van der Waals surface area (Å²) in [6.07, 6.45) is 1.83. The molecule has 2 atom stereocenters. The molecule has 0 saturated carbocycles. The average Bonchev–Trinajstić information content (AvgIpc) is 3.15. The normalized spacial score (nSPS) is 23.2. The van der Waals surface area contributed by atoms with Crippen LogP contribution in [0, 0.1) is 17.1 Å². The summed E-state index contributed by atoms with van der Waals surface area (Å²) >= 11 is 0. The van der Waals surface area contributed by atoms with Gasteiger partial charge in [-0.1, -0.05) is 12.1 Å². The van der Waals surface area contributed by atoms with Crippen LogP contribution < -0.4 is 14.5 Å². The molecule has 3 heterocycles. The van der Waals surface area contributed by atoms with E-state index in [1.807, 2.05) is 31.9 Å². The molecule has 6 nitrogen and oxygen atoms in total. The zero-order valence-corrected chi connectivity index (χ0v) is 19.3. The Morgan fingerprint density at radius 3 is 2.88 bits per heavy atom. The Morgan fingerprint density at radius 1 is 1.27 bits per heavy atom. The minimum atomic E-state index is -0.555. The lowest BCUT2D eigenvalue weighted by atomic mass is 9.88. The Balaban J connectivity index is 1.26. The van der Waals surface area contributed by atoms with Gasteiger partial charge < -0.3 is 19.4 Å². The molecule has 1 saturated heterocycles. The van der Waals surface area contributed by atoms with Gasteiger partial charge in [0, 0.05) is 38.6 Å². The molecule has 172 valence electrons. The number of anilines is 2. The SMILES string of the molecule is CN1C(=O)C(C)(C)N2c3c(cccc31)[C@@H]1CN(CCCOc3ccc(F)cc3C#N)CC[C@@H]12. The molecule has 3 aliphatic heterocycles. The van der Waals surface area contributed by atoms with Gasteiger partial charge in [0.1, 0.15) is 23.2 Å². The zero-order chi connectivity index (χ0) is 23.3. The van der Waals surface area contributed by atoms with Gasteiger partial charge in [-0.3, -0.25) is 4.79 Å². The van der Waals surface area contributed by atoms with Crippen LogP contribution in [0.3, 0.4) is 0 Å². The summed E-state index contributed by atoms with van der Waals surface area (Å²) < 4.78 is 19.1. The number of hydrogen-bond donors (Lipinski definition) is 0. The molecule has 5 rings (SSSR count). The number of carbonyl (C=O) groups excluding carboxylic acids is 1. The van der Waals surface area contributed by atoms with Crippen molar-refractivity contribution >= 4 is 17.3 Å². The van der Waals surface area contributed by atoms with Gasteiger partial charge in [0.05, 0.1) is 23.5 Å². The second-order valence-electron chi connectivity index (χ2n) is 9.73. The number of para-hydroxylation sites is 1. The van der Waals surface area contributed by atoms with Crippen molar-refractivity contribution in [2.75, 3.05) is 43.1 Å². The van der Waals surface area contributed by atoms with Gasteiger partial charge in [-0.2, -0.15) is 5.26 Å². The third kappa shape index (κ3) is 3.44. The predicted octanol–water partition coefficient (Wildman–Crippen LogP) is 3.90. The Hall–Kier alpha value is -3.11. The van der Waals surface area contributed by atoms with Crippen molar-refractivity contribution in [1.82, 2.24) is 4.90 Å². The van der Waals surface area contributed by atoms with Crippen LogP contribution in [0.2, 0.25) is 0 Å². The average molecular weight is 449 g/mol. The van der Waals surface area contributed by atoms with Gasteiger partial charge in [0.2, 0.25) is 0 Å². The van der Waals surface area contributed by atoms with E-state index in [-0.39, 0.29) is 11.5 Å². The lowest BCUT2D eigenvalue weighted by molar-refractivity contribution is -0.123. The topological polar surface area (TPSA) is 59.8 Å². The van der Waals surface area contributed by atoms with Crippen LogP contribution in [0.15, 0.2) is 36.4 Å². The van der Waals surface area contributed by atoms with Crippen molar-refractivity contribution < 1.29 is 13.9 Å². The number of ether oxygens (including phenoxy) is 1. The van der Waals surface area contributed by atoms with E-state index in [0.29, 0.717) is 24.3 Å². The summed E-state index contributed by atoms with van der Waals surface area (Å²) in [5.41, 5.74) is 3.25. The van der Waals surface area contributed by atoms with E-state index in [2.05, 4.69) is 28.0 Å². The van der Waals surface area contributed by atoms with E-state index >= 15 is 0 Å². The van der Waals surface area contributed by atoms with Crippen LogP contribution in [-0.4, -0.2) is 55.7 Å². The van der Waals surface area contributed by atoms with E-state index in [4.69, 9.17) is 4.74 Å². The van der Waals surface area contributed by atoms with Crippen molar-refractivity contribution in [3.05, 3.63) is 53.3 Å². The van der Waals surface area contributed by atoms with Gasteiger partial charge in [0.15, 0.2) is 0 Å². The maximum Gasteiger partial charge on any atom is 0.252 e. The maximum atomic E-state index is 13.3. The van der Waals surface area contributed by atoms with Crippen molar-refractivity contribution in [3.8, 4) is 11.8 Å². The molecule has 0 aromatic heterocycles. The second-order valence-corrected chi connectivity index (χ2v) is 9.73. The Labute approximate surface area is 194 Å². The number of likely N-dealkylation sites (tertiary alicyclic amines) is 1. The zero-order valence-electron chi connectivity index (χ0n) is 19.3. The minimum absolute atomic E-state index is 0.143. The molecule has 0 N–H and O–H groups in total. The summed E-state index contributed by atoms with van der Waals surface area (Å²) in [5, 5.41) is 9.17. The fourth-order valence-corrected chi connectivity index (χ4v) is 5.87. The molecular formula is C26H29FN4O2. The molecule has 1 fully saturated rings. The summed E-state index contributed by atoms with van der Waals surface area (Å²) in [4.78, 5) is 19.8. The summed E-state index contributed by atoms with van der Waals surface area (Å²) in [7, 11) is 1.88. The maximum absolute atomic E-state index is 13.3. The number of nitriles is 1. The number of nitrogens with zero attached hydrogens (tertiary/aromatic N) is 4. The Kier molecular flexibility index (Phi) is 5.29. The minimum Gasteiger partial charge on any atom is -0.492 e. The van der Waals surface area contributed by atoms with Gasteiger partial charge in [0.25, 0.3) is 5.91 Å². The van der Waals surface area contributed by atoms with Gasteiger partial charge in [-0.15, -0.1) is 0 Å². The monoisotopic (exact) mass is 448 g/mol. The number of likely N-dealkylation sites (N-methyl/N-ethyl adjacent to an activating group) is 1. The fourth-order valence-electron chi connectivity index (χ4n) is 5.87. The van der Waals surface area contributed by atoms with Gasteiger partial charge >= 0.3 is 0 Å². The van der Waals surface area contributed by atoms with Crippen LogP contribution in [0.25, 0.3) is 0 Å². The largest absolute Gasteiger partial charge is 0.492 e. The first-order valence-electron chi connectivity index (χ1n) is 11.6. The molecule has 0 radical (unpaired) electrons. The highest BCUT2D eigenvalue weighted by Gasteiger charge is 2.54. The number of piperidine rings is 1. The van der Waals surface area contributed by atoms with Gasteiger partial charge in [-0.25, -0.2) is 4.39 Å². The first-order chi connectivity index (χ1) is 15.8. The molecule has 0 spiro atoms. The highest BCUT2D eigenvalue weighted by Crippen LogP contribution is 2.54. The number of halogens is 1. The van der Waals surface area contributed by atoms with E-state index < -0.39 is 11.4 Å². The molecule has 3 aliphatic rings. The lowest BCUT2D eigenvalue weighted by Crippen LogP contribution is -2.62. The first-order valence-corrected chi connectivity index (χ1v) is 11.6. The number of rotatable bonds is 5. The van der Waals surface area contributed by atoms with Crippen LogP contribution >= 0.6 is 0 Å². The number of carbonyl (C=O) groups is 1. The molecule has 7 heteroatoms. The molecule has 0 bridgehead atoms. The molecule has 0 aliphatic carbocycles. The van der Waals surface area contributed by atoms with Crippen molar-refractivity contribution in [2.45, 2.75) is 44.2 Å². The van der Waals surface area contributed by atoms with Crippen molar-refractivity contribution in [3.63, 3.8) is 0 Å². The van der Waals surface area contributed by atoms with E-state index in [1.54, 1.807) is 0 Å². The third-order valence-electron chi connectivity index (χ3n) is 7.41. The summed E-state index contributed by atoms with van der Waals surface area (Å²) in [6, 6.07) is 12.7. The Morgan fingerprint density at radius 2 is 2.09 bits per heavy atom. The highest BCUT2D eigenvalue weighted by atomic mass is 19.1. The number of hydrogen-bond acceptors (Lipinski definition) is 5. The lowest BCUT2D eigenvalue weighted by Gasteiger charge is -2.49. The van der Waals surface area contributed by atoms with Crippen molar-refractivity contribution in [2.24, 2.45) is 0 Å². The second kappa shape index (κ2) is 8.03. The van der Waals surface area contributed by atoms with Crippen LogP contribution in [0.1, 0.15) is 43.7 Å².